The van der Waals surface area contributed by atoms with Gasteiger partial charge in [-0.05, 0) is 38.7 Å². The molecular formula is C22H16N6O. The highest BCUT2D eigenvalue weighted by Crippen LogP contribution is 2.26. The number of anilines is 1. The van der Waals surface area contributed by atoms with Crippen molar-refractivity contribution in [3.05, 3.63) is 84.4 Å². The van der Waals surface area contributed by atoms with E-state index in [-0.39, 0.29) is 5.75 Å². The van der Waals surface area contributed by atoms with E-state index in [1.807, 2.05) is 72.8 Å². The highest BCUT2D eigenvalue weighted by atomic mass is 16.3. The van der Waals surface area contributed by atoms with Gasteiger partial charge in [-0.1, -0.05) is 71.8 Å². The van der Waals surface area contributed by atoms with Crippen LogP contribution in [0.3, 0.4) is 0 Å². The van der Waals surface area contributed by atoms with Gasteiger partial charge in [-0.2, -0.15) is 9.78 Å². The van der Waals surface area contributed by atoms with Crippen LogP contribution in [0.5, 0.6) is 5.75 Å². The molecule has 1 heterocycles. The average molecular weight is 380 g/mol. The van der Waals surface area contributed by atoms with E-state index in [4.69, 9.17) is 0 Å². The fourth-order valence-electron chi connectivity index (χ4n) is 3.39. The highest BCUT2D eigenvalue weighted by Gasteiger charge is 2.10. The smallest absolute Gasteiger partial charge is 0.268 e. The Morgan fingerprint density at radius 2 is 1.55 bits per heavy atom. The lowest BCUT2D eigenvalue weighted by Gasteiger charge is -2.08. The van der Waals surface area contributed by atoms with Crippen LogP contribution in [0.4, 0.5) is 5.95 Å². The molecule has 0 saturated carbocycles. The van der Waals surface area contributed by atoms with Gasteiger partial charge in [-0.3, -0.25) is 0 Å². The van der Waals surface area contributed by atoms with Crippen LogP contribution in [-0.4, -0.2) is 31.5 Å². The number of aromatic hydroxyl groups is 1. The number of hydrogen-bond acceptors (Lipinski definition) is 6. The minimum Gasteiger partial charge on any atom is -0.507 e. The Bertz CT molecular complexity index is 1350. The summed E-state index contributed by atoms with van der Waals surface area (Å²) in [5.74, 6) is 0.528. The molecule has 0 fully saturated rings. The molecule has 29 heavy (non-hydrogen) atoms. The molecule has 5 rings (SSSR count). The van der Waals surface area contributed by atoms with Crippen molar-refractivity contribution < 1.29 is 5.11 Å². The van der Waals surface area contributed by atoms with E-state index in [1.165, 1.54) is 0 Å². The van der Waals surface area contributed by atoms with Gasteiger partial charge >= 0.3 is 0 Å². The topological polar surface area (TPSA) is 88.2 Å². The minimum atomic E-state index is 0.155. The fraction of sp³-hybridized carbons (Fsp3) is 0. The lowest BCUT2D eigenvalue weighted by molar-refractivity contribution is 0.475. The summed E-state index contributed by atoms with van der Waals surface area (Å²) >= 11 is 0. The Balaban J connectivity index is 1.50. The second-order valence-electron chi connectivity index (χ2n) is 6.50. The van der Waals surface area contributed by atoms with Crippen molar-refractivity contribution in [2.24, 2.45) is 5.10 Å². The molecule has 0 unspecified atom stereocenters. The summed E-state index contributed by atoms with van der Waals surface area (Å²) in [5, 5.41) is 30.5. The summed E-state index contributed by atoms with van der Waals surface area (Å²) in [4.78, 5) is 0. The van der Waals surface area contributed by atoms with Gasteiger partial charge in [0.1, 0.15) is 5.75 Å². The molecule has 1 aromatic heterocycles. The first-order chi connectivity index (χ1) is 14.3. The molecule has 0 radical (unpaired) electrons. The molecule has 0 atom stereocenters. The molecule has 7 nitrogen and oxygen atoms in total. The number of rotatable bonds is 4. The maximum absolute atomic E-state index is 10.3. The zero-order valence-corrected chi connectivity index (χ0v) is 15.3. The van der Waals surface area contributed by atoms with Gasteiger partial charge < -0.3 is 5.11 Å². The summed E-state index contributed by atoms with van der Waals surface area (Å²) in [5.41, 5.74) is 4.35. The Hall–Kier alpha value is -4.26. The van der Waals surface area contributed by atoms with E-state index in [0.29, 0.717) is 11.5 Å². The number of hydrogen-bond donors (Lipinski definition) is 2. The van der Waals surface area contributed by atoms with E-state index in [1.54, 1.807) is 17.0 Å². The van der Waals surface area contributed by atoms with Crippen LogP contribution in [0.2, 0.25) is 0 Å². The maximum Gasteiger partial charge on any atom is 0.268 e. The number of hydrazone groups is 1. The van der Waals surface area contributed by atoms with Gasteiger partial charge in [0.25, 0.3) is 5.95 Å². The van der Waals surface area contributed by atoms with E-state index in [0.717, 1.165) is 27.2 Å². The molecule has 2 N–H and O–H groups in total. The number of aromatic nitrogens is 4. The minimum absolute atomic E-state index is 0.155. The van der Waals surface area contributed by atoms with Crippen molar-refractivity contribution in [2.75, 3.05) is 5.43 Å². The molecule has 0 bridgehead atoms. The second-order valence-corrected chi connectivity index (χ2v) is 6.50. The summed E-state index contributed by atoms with van der Waals surface area (Å²) in [7, 11) is 0. The van der Waals surface area contributed by atoms with E-state index in [2.05, 4.69) is 26.1 Å². The van der Waals surface area contributed by atoms with Gasteiger partial charge in [-0.25, -0.2) is 5.43 Å². The van der Waals surface area contributed by atoms with Crippen LogP contribution in [0.1, 0.15) is 5.56 Å². The SMILES string of the molecule is Oc1ccc2ccccc2c1/C=N/Nc1nnnn1-c1cccc2ccccc12. The predicted molar refractivity (Wildman–Crippen MR) is 113 cm³/mol. The van der Waals surface area contributed by atoms with Gasteiger partial charge in [0.15, 0.2) is 0 Å². The average Bonchev–Trinajstić information content (AvgIpc) is 3.23. The lowest BCUT2D eigenvalue weighted by atomic mass is 10.0. The first kappa shape index (κ1) is 16.9. The molecule has 5 aromatic rings. The summed E-state index contributed by atoms with van der Waals surface area (Å²) < 4.78 is 1.60. The van der Waals surface area contributed by atoms with Crippen molar-refractivity contribution in [3.63, 3.8) is 0 Å². The molecule has 140 valence electrons. The molecule has 0 aliphatic heterocycles. The normalized spacial score (nSPS) is 11.4. The van der Waals surface area contributed by atoms with Crippen LogP contribution in [0.15, 0.2) is 84.0 Å². The number of nitrogens with zero attached hydrogens (tertiary/aromatic N) is 5. The third-order valence-electron chi connectivity index (χ3n) is 4.77. The van der Waals surface area contributed by atoms with E-state index in [9.17, 15) is 5.11 Å². The predicted octanol–water partition coefficient (Wildman–Crippen LogP) is 4.12. The summed E-state index contributed by atoms with van der Waals surface area (Å²) in [6, 6.07) is 25.3. The molecular weight excluding hydrogens is 364 g/mol. The Kier molecular flexibility index (Phi) is 4.10. The molecule has 0 amide bonds. The number of phenols is 1. The van der Waals surface area contributed by atoms with E-state index < -0.39 is 0 Å². The Morgan fingerprint density at radius 1 is 0.828 bits per heavy atom. The number of phenolic OH excluding ortho intramolecular Hbond substituents is 1. The van der Waals surface area contributed by atoms with Gasteiger partial charge in [0, 0.05) is 10.9 Å². The first-order valence-corrected chi connectivity index (χ1v) is 9.07. The van der Waals surface area contributed by atoms with Crippen molar-refractivity contribution in [3.8, 4) is 11.4 Å². The highest BCUT2D eigenvalue weighted by molar-refractivity contribution is 6.02. The summed E-state index contributed by atoms with van der Waals surface area (Å²) in [6.45, 7) is 0. The largest absolute Gasteiger partial charge is 0.507 e. The zero-order chi connectivity index (χ0) is 19.6. The van der Waals surface area contributed by atoms with Gasteiger partial charge in [-0.15, -0.1) is 0 Å². The van der Waals surface area contributed by atoms with Crippen LogP contribution in [-0.2, 0) is 0 Å². The molecule has 0 aliphatic carbocycles. The fourth-order valence-corrected chi connectivity index (χ4v) is 3.39. The van der Waals surface area contributed by atoms with Gasteiger partial charge in [0.05, 0.1) is 11.9 Å². The van der Waals surface area contributed by atoms with E-state index >= 15 is 0 Å². The van der Waals surface area contributed by atoms with Crippen molar-refractivity contribution in [2.45, 2.75) is 0 Å². The monoisotopic (exact) mass is 380 g/mol. The van der Waals surface area contributed by atoms with Crippen molar-refractivity contribution >= 4 is 33.7 Å². The molecule has 0 aliphatic rings. The molecule has 7 heteroatoms. The standard InChI is InChI=1S/C22H16N6O/c29-21-13-12-16-7-1-3-9-17(16)19(21)14-23-24-22-25-26-27-28(22)20-11-5-8-15-6-2-4-10-18(15)20/h1-14,29H,(H,24,25,27)/b23-14+. The summed E-state index contributed by atoms with van der Waals surface area (Å²) in [6.07, 6.45) is 1.57. The number of nitrogens with one attached hydrogen (secondary N) is 1. The molecule has 0 spiro atoms. The Morgan fingerprint density at radius 3 is 2.41 bits per heavy atom. The van der Waals surface area contributed by atoms with Crippen LogP contribution in [0.25, 0.3) is 27.2 Å². The quantitative estimate of drug-likeness (QED) is 0.362. The third kappa shape index (κ3) is 3.04. The third-order valence-corrected chi connectivity index (χ3v) is 4.77. The van der Waals surface area contributed by atoms with Crippen LogP contribution in [0, 0.1) is 0 Å². The van der Waals surface area contributed by atoms with Crippen molar-refractivity contribution in [1.29, 1.82) is 0 Å². The maximum atomic E-state index is 10.3. The number of tetrazole rings is 1. The molecule has 4 aromatic carbocycles. The zero-order valence-electron chi connectivity index (χ0n) is 15.3. The number of benzene rings is 4. The first-order valence-electron chi connectivity index (χ1n) is 9.07. The number of fused-ring (bicyclic) bond motifs is 2. The van der Waals surface area contributed by atoms with Gasteiger partial charge in [0.2, 0.25) is 0 Å². The van der Waals surface area contributed by atoms with Crippen molar-refractivity contribution in [1.82, 2.24) is 20.2 Å². The lowest BCUT2D eigenvalue weighted by Crippen LogP contribution is -2.04. The Labute approximate surface area is 165 Å². The molecule has 0 saturated heterocycles. The second kappa shape index (κ2) is 7.05. The van der Waals surface area contributed by atoms with Crippen LogP contribution < -0.4 is 5.43 Å². The van der Waals surface area contributed by atoms with Crippen LogP contribution >= 0.6 is 0 Å².